The Morgan fingerprint density at radius 2 is 2.12 bits per heavy atom. The van der Waals surface area contributed by atoms with Gasteiger partial charge in [0.05, 0.1) is 0 Å². The first-order valence-corrected chi connectivity index (χ1v) is 8.52. The van der Waals surface area contributed by atoms with E-state index < -0.39 is 0 Å². The van der Waals surface area contributed by atoms with Crippen molar-refractivity contribution in [1.29, 1.82) is 0 Å². The average Bonchev–Trinajstić information content (AvgIpc) is 3.01. The van der Waals surface area contributed by atoms with Gasteiger partial charge in [-0.25, -0.2) is 0 Å². The van der Waals surface area contributed by atoms with Gasteiger partial charge in [-0.15, -0.1) is 12.4 Å². The molecule has 2 amide bonds. The number of rotatable bonds is 3. The number of hydrogen-bond donors (Lipinski definition) is 2. The van der Waals surface area contributed by atoms with Crippen LogP contribution in [0.15, 0.2) is 45.5 Å². The van der Waals surface area contributed by atoms with Gasteiger partial charge >= 0.3 is 0 Å². The molecule has 2 heterocycles. The largest absolute Gasteiger partial charge is 0.444 e. The monoisotopic (exact) mass is 427 g/mol. The summed E-state index contributed by atoms with van der Waals surface area (Å²) in [5.74, 6) is -0.184. The molecule has 1 saturated heterocycles. The van der Waals surface area contributed by atoms with E-state index in [0.29, 0.717) is 22.5 Å². The molecule has 0 saturated carbocycles. The van der Waals surface area contributed by atoms with Gasteiger partial charge in [0.25, 0.3) is 11.8 Å². The van der Waals surface area contributed by atoms with E-state index in [1.54, 1.807) is 36.4 Å². The van der Waals surface area contributed by atoms with Crippen molar-refractivity contribution in [3.05, 3.63) is 52.4 Å². The van der Waals surface area contributed by atoms with Gasteiger partial charge in [-0.1, -0.05) is 6.07 Å². The second-order valence-electron chi connectivity index (χ2n) is 5.69. The zero-order chi connectivity index (χ0) is 17.1. The highest BCUT2D eigenvalue weighted by atomic mass is 79.9. The van der Waals surface area contributed by atoms with Gasteiger partial charge in [-0.3, -0.25) is 9.59 Å². The lowest BCUT2D eigenvalue weighted by Gasteiger charge is -2.34. The minimum absolute atomic E-state index is 0. The summed E-state index contributed by atoms with van der Waals surface area (Å²) in [6.07, 6.45) is 0. The third kappa shape index (κ3) is 4.62. The van der Waals surface area contributed by atoms with Gasteiger partial charge in [0.15, 0.2) is 10.4 Å². The molecule has 3 rings (SSSR count). The zero-order valence-corrected chi connectivity index (χ0v) is 16.0. The van der Waals surface area contributed by atoms with Crippen LogP contribution < -0.4 is 10.6 Å². The Bertz CT molecular complexity index is 765. The number of halogens is 2. The number of carbonyl (C=O) groups is 2. The Morgan fingerprint density at radius 3 is 2.80 bits per heavy atom. The van der Waals surface area contributed by atoms with Gasteiger partial charge < -0.3 is 20.0 Å². The van der Waals surface area contributed by atoms with Crippen LogP contribution in [0.3, 0.4) is 0 Å². The average molecular weight is 429 g/mol. The maximum atomic E-state index is 12.7. The quantitative estimate of drug-likeness (QED) is 0.787. The Kier molecular flexibility index (Phi) is 6.64. The van der Waals surface area contributed by atoms with E-state index >= 15 is 0 Å². The van der Waals surface area contributed by atoms with Crippen LogP contribution in [0, 0.1) is 0 Å². The highest BCUT2D eigenvalue weighted by Crippen LogP contribution is 2.18. The first kappa shape index (κ1) is 19.5. The summed E-state index contributed by atoms with van der Waals surface area (Å²) in [5.41, 5.74) is 1.11. The SMILES string of the molecule is CC1CNCCN1C(=O)c1cccc(NC(=O)c2ccc(Br)o2)c1.Cl. The molecular formula is C17H19BrClN3O3. The molecule has 0 bridgehead atoms. The number of anilines is 1. The maximum Gasteiger partial charge on any atom is 0.291 e. The number of nitrogens with one attached hydrogen (secondary N) is 2. The van der Waals surface area contributed by atoms with Crippen LogP contribution in [0.4, 0.5) is 5.69 Å². The van der Waals surface area contributed by atoms with Gasteiger partial charge in [0.2, 0.25) is 0 Å². The molecule has 1 aliphatic heterocycles. The van der Waals surface area contributed by atoms with E-state index in [-0.39, 0.29) is 36.0 Å². The van der Waals surface area contributed by atoms with E-state index in [9.17, 15) is 9.59 Å². The van der Waals surface area contributed by atoms with Crippen molar-refractivity contribution in [3.8, 4) is 0 Å². The van der Waals surface area contributed by atoms with Crippen molar-refractivity contribution in [2.45, 2.75) is 13.0 Å². The first-order valence-electron chi connectivity index (χ1n) is 7.73. The fourth-order valence-electron chi connectivity index (χ4n) is 2.67. The van der Waals surface area contributed by atoms with E-state index in [1.165, 1.54) is 0 Å². The molecule has 1 atom stereocenters. The first-order chi connectivity index (χ1) is 11.5. The van der Waals surface area contributed by atoms with Crippen LogP contribution in [0.5, 0.6) is 0 Å². The number of amides is 2. The number of furan rings is 1. The molecule has 134 valence electrons. The van der Waals surface area contributed by atoms with Crippen molar-refractivity contribution < 1.29 is 14.0 Å². The van der Waals surface area contributed by atoms with Crippen LogP contribution >= 0.6 is 28.3 Å². The molecular weight excluding hydrogens is 410 g/mol. The van der Waals surface area contributed by atoms with Crippen molar-refractivity contribution in [2.24, 2.45) is 0 Å². The molecule has 1 aliphatic rings. The van der Waals surface area contributed by atoms with Crippen molar-refractivity contribution in [3.63, 3.8) is 0 Å². The van der Waals surface area contributed by atoms with Gasteiger partial charge in [0.1, 0.15) is 0 Å². The molecule has 6 nitrogen and oxygen atoms in total. The minimum atomic E-state index is -0.360. The Labute approximate surface area is 160 Å². The summed E-state index contributed by atoms with van der Waals surface area (Å²) in [5, 5.41) is 6.01. The van der Waals surface area contributed by atoms with Crippen LogP contribution in [0.2, 0.25) is 0 Å². The summed E-state index contributed by atoms with van der Waals surface area (Å²) in [6.45, 7) is 4.27. The molecule has 1 aromatic heterocycles. The summed E-state index contributed by atoms with van der Waals surface area (Å²) < 4.78 is 5.72. The Balaban J connectivity index is 0.00000225. The van der Waals surface area contributed by atoms with Crippen LogP contribution in [0.1, 0.15) is 27.8 Å². The maximum absolute atomic E-state index is 12.7. The summed E-state index contributed by atoms with van der Waals surface area (Å²) in [4.78, 5) is 26.7. The highest BCUT2D eigenvalue weighted by molar-refractivity contribution is 9.10. The molecule has 2 aromatic rings. The second-order valence-corrected chi connectivity index (χ2v) is 6.47. The molecule has 0 spiro atoms. The fraction of sp³-hybridized carbons (Fsp3) is 0.294. The van der Waals surface area contributed by atoms with Crippen molar-refractivity contribution in [2.75, 3.05) is 25.0 Å². The van der Waals surface area contributed by atoms with Gasteiger partial charge in [-0.2, -0.15) is 0 Å². The second kappa shape index (κ2) is 8.51. The van der Waals surface area contributed by atoms with E-state index in [0.717, 1.165) is 13.1 Å². The van der Waals surface area contributed by atoms with Crippen molar-refractivity contribution in [1.82, 2.24) is 10.2 Å². The summed E-state index contributed by atoms with van der Waals surface area (Å²) in [6, 6.07) is 10.3. The number of carbonyl (C=O) groups excluding carboxylic acids is 2. The predicted molar refractivity (Wildman–Crippen MR) is 101 cm³/mol. The Morgan fingerprint density at radius 1 is 1.32 bits per heavy atom. The zero-order valence-electron chi connectivity index (χ0n) is 13.6. The molecule has 1 aromatic carbocycles. The van der Waals surface area contributed by atoms with E-state index in [1.807, 2.05) is 11.8 Å². The lowest BCUT2D eigenvalue weighted by Crippen LogP contribution is -2.52. The lowest BCUT2D eigenvalue weighted by molar-refractivity contribution is 0.0655. The molecule has 1 unspecified atom stereocenters. The molecule has 25 heavy (non-hydrogen) atoms. The normalized spacial score (nSPS) is 16.9. The number of piperazine rings is 1. The third-order valence-electron chi connectivity index (χ3n) is 3.93. The number of nitrogens with zero attached hydrogens (tertiary/aromatic N) is 1. The summed E-state index contributed by atoms with van der Waals surface area (Å²) in [7, 11) is 0. The number of benzene rings is 1. The van der Waals surface area contributed by atoms with Crippen LogP contribution in [0.25, 0.3) is 0 Å². The third-order valence-corrected chi connectivity index (χ3v) is 4.35. The molecule has 0 aliphatic carbocycles. The number of hydrogen-bond acceptors (Lipinski definition) is 4. The predicted octanol–water partition coefficient (Wildman–Crippen LogP) is 3.15. The van der Waals surface area contributed by atoms with Crippen LogP contribution in [-0.4, -0.2) is 42.4 Å². The molecule has 2 N–H and O–H groups in total. The molecule has 0 radical (unpaired) electrons. The summed E-state index contributed by atoms with van der Waals surface area (Å²) >= 11 is 3.16. The molecule has 1 fully saturated rings. The topological polar surface area (TPSA) is 74.6 Å². The highest BCUT2D eigenvalue weighted by Gasteiger charge is 2.24. The smallest absolute Gasteiger partial charge is 0.291 e. The fourth-order valence-corrected chi connectivity index (χ4v) is 2.97. The van der Waals surface area contributed by atoms with E-state index in [2.05, 4.69) is 26.6 Å². The standard InChI is InChI=1S/C17H18BrN3O3.ClH/c1-11-10-19-7-8-21(11)17(23)12-3-2-4-13(9-12)20-16(22)14-5-6-15(18)24-14;/h2-6,9,11,19H,7-8,10H2,1H3,(H,20,22);1H. The van der Waals surface area contributed by atoms with Crippen LogP contribution in [-0.2, 0) is 0 Å². The Hall–Kier alpha value is -1.83. The lowest BCUT2D eigenvalue weighted by atomic mass is 10.1. The minimum Gasteiger partial charge on any atom is -0.444 e. The van der Waals surface area contributed by atoms with Crippen molar-refractivity contribution >= 4 is 45.8 Å². The van der Waals surface area contributed by atoms with Gasteiger partial charge in [-0.05, 0) is 53.2 Å². The van der Waals surface area contributed by atoms with E-state index in [4.69, 9.17) is 4.42 Å². The molecule has 8 heteroatoms. The van der Waals surface area contributed by atoms with Gasteiger partial charge in [0, 0.05) is 36.9 Å².